The van der Waals surface area contributed by atoms with Gasteiger partial charge in [-0.2, -0.15) is 0 Å². The summed E-state index contributed by atoms with van der Waals surface area (Å²) in [6, 6.07) is 4.50. The van der Waals surface area contributed by atoms with Crippen LogP contribution in [0.3, 0.4) is 0 Å². The van der Waals surface area contributed by atoms with E-state index in [1.807, 2.05) is 13.1 Å². The fourth-order valence-corrected chi connectivity index (χ4v) is 4.57. The first kappa shape index (κ1) is 31.4. The minimum atomic E-state index is -2.44. The van der Waals surface area contributed by atoms with Crippen LogP contribution in [0.2, 0.25) is 18.1 Å². The van der Waals surface area contributed by atoms with Gasteiger partial charge in [0.25, 0.3) is 0 Å². The van der Waals surface area contributed by atoms with E-state index in [9.17, 15) is 14.4 Å². The lowest BCUT2D eigenvalue weighted by Crippen LogP contribution is -2.55. The summed E-state index contributed by atoms with van der Waals surface area (Å²) >= 11 is 0. The molecule has 204 valence electrons. The minimum absolute atomic E-state index is 0.0728. The Morgan fingerprint density at radius 1 is 1.00 bits per heavy atom. The molecular weight excluding hydrogens is 482 g/mol. The first-order valence-corrected chi connectivity index (χ1v) is 15.1. The second kappa shape index (κ2) is 13.6. The van der Waals surface area contributed by atoms with Gasteiger partial charge in [-0.1, -0.05) is 20.8 Å². The number of amides is 1. The Labute approximate surface area is 216 Å². The molecule has 0 heterocycles. The van der Waals surface area contributed by atoms with Gasteiger partial charge in [0.2, 0.25) is 5.91 Å². The standard InChI is InChI=1S/C26H43NO8Si/c1-11-33-23(29)16-22(28)27(17-19-13-14-20(31-7)15-21(19)32-8)18(3)24(25(30)34-12-2)35-36(9,10)26(4,5)6/h13-15,18,24H,11-12,16-17H2,1-10H3/t18-,24-/m0/s1. The van der Waals surface area contributed by atoms with E-state index in [1.165, 1.54) is 12.0 Å². The van der Waals surface area contributed by atoms with Crippen LogP contribution in [0.1, 0.15) is 53.5 Å². The molecule has 10 heteroatoms. The Bertz CT molecular complexity index is 896. The molecule has 0 unspecified atom stereocenters. The summed E-state index contributed by atoms with van der Waals surface area (Å²) in [5, 5.41) is -0.184. The van der Waals surface area contributed by atoms with Crippen molar-refractivity contribution in [2.24, 2.45) is 0 Å². The molecular formula is C26H43NO8Si. The number of benzene rings is 1. The highest BCUT2D eigenvalue weighted by molar-refractivity contribution is 6.74. The van der Waals surface area contributed by atoms with Gasteiger partial charge in [-0.15, -0.1) is 0 Å². The van der Waals surface area contributed by atoms with E-state index in [-0.39, 0.29) is 24.8 Å². The van der Waals surface area contributed by atoms with Crippen LogP contribution >= 0.6 is 0 Å². The summed E-state index contributed by atoms with van der Waals surface area (Å²) in [4.78, 5) is 40.1. The monoisotopic (exact) mass is 525 g/mol. The van der Waals surface area contributed by atoms with Gasteiger partial charge in [-0.3, -0.25) is 9.59 Å². The third kappa shape index (κ3) is 8.51. The third-order valence-corrected chi connectivity index (χ3v) is 10.9. The number of nitrogens with zero attached hydrogens (tertiary/aromatic N) is 1. The highest BCUT2D eigenvalue weighted by Gasteiger charge is 2.44. The molecule has 36 heavy (non-hydrogen) atoms. The zero-order chi connectivity index (χ0) is 27.7. The number of ether oxygens (including phenoxy) is 4. The maximum Gasteiger partial charge on any atom is 0.336 e. The summed E-state index contributed by atoms with van der Waals surface area (Å²) < 4.78 is 27.6. The Morgan fingerprint density at radius 3 is 2.11 bits per heavy atom. The predicted molar refractivity (Wildman–Crippen MR) is 140 cm³/mol. The Hall–Kier alpha value is -2.59. The van der Waals surface area contributed by atoms with Crippen molar-refractivity contribution >= 4 is 26.2 Å². The molecule has 0 radical (unpaired) electrons. The molecule has 0 aliphatic heterocycles. The molecule has 0 bridgehead atoms. The molecule has 0 aliphatic rings. The minimum Gasteiger partial charge on any atom is -0.497 e. The maximum atomic E-state index is 13.4. The average molecular weight is 526 g/mol. The number of carbonyl (C=O) groups excluding carboxylic acids is 3. The van der Waals surface area contributed by atoms with E-state index in [2.05, 4.69) is 20.8 Å². The fraction of sp³-hybridized carbons (Fsp3) is 0.654. The van der Waals surface area contributed by atoms with E-state index < -0.39 is 44.7 Å². The largest absolute Gasteiger partial charge is 0.497 e. The topological polar surface area (TPSA) is 101 Å². The second-order valence-electron chi connectivity index (χ2n) is 9.97. The van der Waals surface area contributed by atoms with Gasteiger partial charge in [-0.05, 0) is 51.0 Å². The molecule has 9 nitrogen and oxygen atoms in total. The third-order valence-electron chi connectivity index (χ3n) is 6.43. The van der Waals surface area contributed by atoms with Crippen molar-refractivity contribution in [1.82, 2.24) is 4.90 Å². The molecule has 2 atom stereocenters. The van der Waals surface area contributed by atoms with E-state index in [4.69, 9.17) is 23.4 Å². The number of esters is 2. The Morgan fingerprint density at radius 2 is 1.61 bits per heavy atom. The van der Waals surface area contributed by atoms with E-state index >= 15 is 0 Å². The molecule has 0 spiro atoms. The number of carbonyl (C=O) groups is 3. The molecule has 1 rings (SSSR count). The van der Waals surface area contributed by atoms with Crippen LogP contribution in [-0.2, 0) is 34.8 Å². The Kier molecular flexibility index (Phi) is 11.9. The van der Waals surface area contributed by atoms with Crippen LogP contribution in [0, 0.1) is 0 Å². The first-order valence-electron chi connectivity index (χ1n) is 12.2. The van der Waals surface area contributed by atoms with Crippen LogP contribution in [0.5, 0.6) is 11.5 Å². The van der Waals surface area contributed by atoms with Crippen LogP contribution in [0.15, 0.2) is 18.2 Å². The maximum absolute atomic E-state index is 13.4. The SMILES string of the molecule is CCOC(=O)CC(=O)N(Cc1ccc(OC)cc1OC)[C@@H](C)[C@H](O[Si](C)(C)C(C)(C)C)C(=O)OCC. The Balaban J connectivity index is 3.50. The zero-order valence-corrected chi connectivity index (χ0v) is 24.4. The van der Waals surface area contributed by atoms with Gasteiger partial charge in [0, 0.05) is 18.2 Å². The zero-order valence-electron chi connectivity index (χ0n) is 23.4. The van der Waals surface area contributed by atoms with Crippen molar-refractivity contribution in [3.63, 3.8) is 0 Å². The lowest BCUT2D eigenvalue weighted by Gasteiger charge is -2.42. The molecule has 0 aliphatic carbocycles. The van der Waals surface area contributed by atoms with Crippen molar-refractivity contribution in [2.75, 3.05) is 27.4 Å². The lowest BCUT2D eigenvalue weighted by atomic mass is 10.1. The molecule has 0 saturated heterocycles. The fourth-order valence-electron chi connectivity index (χ4n) is 3.29. The summed E-state index contributed by atoms with van der Waals surface area (Å²) in [5.41, 5.74) is 0.678. The van der Waals surface area contributed by atoms with Crippen molar-refractivity contribution in [2.45, 2.75) is 84.8 Å². The quantitative estimate of drug-likeness (QED) is 0.213. The van der Waals surface area contributed by atoms with E-state index in [0.717, 1.165) is 0 Å². The van der Waals surface area contributed by atoms with Gasteiger partial charge < -0.3 is 28.3 Å². The van der Waals surface area contributed by atoms with Crippen LogP contribution < -0.4 is 9.47 Å². The van der Waals surface area contributed by atoms with E-state index in [1.54, 1.807) is 46.1 Å². The number of hydrogen-bond acceptors (Lipinski definition) is 8. The summed E-state index contributed by atoms with van der Waals surface area (Å²) in [6.07, 6.45) is -1.51. The molecule has 0 aromatic heterocycles. The van der Waals surface area contributed by atoms with Gasteiger partial charge in [0.05, 0.1) is 33.5 Å². The lowest BCUT2D eigenvalue weighted by molar-refractivity contribution is -0.158. The highest BCUT2D eigenvalue weighted by Crippen LogP contribution is 2.38. The predicted octanol–water partition coefficient (Wildman–Crippen LogP) is 4.33. The number of hydrogen-bond donors (Lipinski definition) is 0. The van der Waals surface area contributed by atoms with Gasteiger partial charge in [0.15, 0.2) is 14.4 Å². The molecule has 0 N–H and O–H groups in total. The number of methoxy groups -OCH3 is 2. The summed E-state index contributed by atoms with van der Waals surface area (Å²) in [6.45, 7) is 15.8. The molecule has 1 aromatic carbocycles. The van der Waals surface area contributed by atoms with Crippen molar-refractivity contribution in [3.8, 4) is 11.5 Å². The molecule has 1 aromatic rings. The van der Waals surface area contributed by atoms with E-state index in [0.29, 0.717) is 17.1 Å². The number of rotatable bonds is 13. The first-order chi connectivity index (χ1) is 16.7. The summed E-state index contributed by atoms with van der Waals surface area (Å²) in [5.74, 6) is -0.580. The van der Waals surface area contributed by atoms with Gasteiger partial charge in [-0.25, -0.2) is 4.79 Å². The second-order valence-corrected chi connectivity index (χ2v) is 14.7. The van der Waals surface area contributed by atoms with Crippen LogP contribution in [-0.4, -0.2) is 70.6 Å². The summed E-state index contributed by atoms with van der Waals surface area (Å²) in [7, 11) is 0.630. The van der Waals surface area contributed by atoms with Crippen molar-refractivity contribution < 1.29 is 37.8 Å². The van der Waals surface area contributed by atoms with Crippen molar-refractivity contribution in [1.29, 1.82) is 0 Å². The average Bonchev–Trinajstić information content (AvgIpc) is 2.79. The molecule has 0 saturated carbocycles. The van der Waals surface area contributed by atoms with Crippen LogP contribution in [0.4, 0.5) is 0 Å². The smallest absolute Gasteiger partial charge is 0.336 e. The van der Waals surface area contributed by atoms with Crippen LogP contribution in [0.25, 0.3) is 0 Å². The van der Waals surface area contributed by atoms with Gasteiger partial charge >= 0.3 is 11.9 Å². The molecule has 0 fully saturated rings. The highest BCUT2D eigenvalue weighted by atomic mass is 28.4. The van der Waals surface area contributed by atoms with Crippen molar-refractivity contribution in [3.05, 3.63) is 23.8 Å². The normalized spacial score (nSPS) is 13.4. The van der Waals surface area contributed by atoms with Gasteiger partial charge in [0.1, 0.15) is 17.9 Å². The molecule has 1 amide bonds.